The number of oxime groups is 1. The lowest BCUT2D eigenvalue weighted by molar-refractivity contribution is 0.0918. The topological polar surface area (TPSA) is 47.6 Å². The van der Waals surface area contributed by atoms with E-state index in [1.54, 1.807) is 18.2 Å². The van der Waals surface area contributed by atoms with Gasteiger partial charge in [-0.05, 0) is 6.07 Å². The van der Waals surface area contributed by atoms with Crippen LogP contribution in [-0.2, 0) is 4.84 Å². The summed E-state index contributed by atoms with van der Waals surface area (Å²) in [5, 5.41) is 3.82. The molecule has 4 heteroatoms. The molecule has 0 amide bonds. The molecule has 1 aromatic rings. The number of hydrogen-bond donors (Lipinski definition) is 1. The summed E-state index contributed by atoms with van der Waals surface area (Å²) in [5.41, 5.74) is 6.56. The maximum Gasteiger partial charge on any atom is 0.145 e. The molecule has 0 spiro atoms. The highest BCUT2D eigenvalue weighted by Gasteiger charge is 2.22. The van der Waals surface area contributed by atoms with Crippen molar-refractivity contribution in [1.29, 1.82) is 0 Å². The third kappa shape index (κ3) is 1.61. The number of rotatable bonds is 2. The summed E-state index contributed by atoms with van der Waals surface area (Å²) in [6.45, 7) is 0.404. The molecule has 0 aromatic heterocycles. The molecular formula is C10H11FN2O. The van der Waals surface area contributed by atoms with E-state index in [0.717, 1.165) is 0 Å². The summed E-state index contributed by atoms with van der Waals surface area (Å²) in [6.07, 6.45) is 0.474. The first kappa shape index (κ1) is 9.15. The van der Waals surface area contributed by atoms with Gasteiger partial charge in [-0.1, -0.05) is 23.4 Å². The fourth-order valence-electron chi connectivity index (χ4n) is 1.41. The summed E-state index contributed by atoms with van der Waals surface area (Å²) < 4.78 is 13.3. The molecule has 0 saturated heterocycles. The number of hydrogen-bond acceptors (Lipinski definition) is 3. The van der Waals surface area contributed by atoms with E-state index in [9.17, 15) is 4.39 Å². The van der Waals surface area contributed by atoms with Crippen LogP contribution in [0.3, 0.4) is 0 Å². The van der Waals surface area contributed by atoms with E-state index in [0.29, 0.717) is 24.2 Å². The number of benzene rings is 1. The predicted molar refractivity (Wildman–Crippen MR) is 51.5 cm³/mol. The summed E-state index contributed by atoms with van der Waals surface area (Å²) in [5.74, 6) is -0.271. The molecule has 2 rings (SSSR count). The molecule has 3 nitrogen and oxygen atoms in total. The Bertz CT molecular complexity index is 365. The lowest BCUT2D eigenvalue weighted by atomic mass is 10.0. The van der Waals surface area contributed by atoms with E-state index in [2.05, 4.69) is 5.16 Å². The van der Waals surface area contributed by atoms with E-state index in [1.165, 1.54) is 6.07 Å². The standard InChI is InChI=1S/C10H11FN2O/c11-9-4-2-1-3-8(9)10-5-7(6-12)14-13-10/h1-4,7H,5-6,12H2. The molecular weight excluding hydrogens is 183 g/mol. The third-order valence-electron chi connectivity index (χ3n) is 2.18. The van der Waals surface area contributed by atoms with Gasteiger partial charge in [-0.3, -0.25) is 0 Å². The van der Waals surface area contributed by atoms with Crippen LogP contribution in [-0.4, -0.2) is 18.4 Å². The molecule has 1 aliphatic rings. The van der Waals surface area contributed by atoms with Gasteiger partial charge < -0.3 is 10.6 Å². The van der Waals surface area contributed by atoms with Crippen LogP contribution in [0.1, 0.15) is 12.0 Å². The van der Waals surface area contributed by atoms with Crippen molar-refractivity contribution < 1.29 is 9.23 Å². The molecule has 0 fully saturated rings. The fraction of sp³-hybridized carbons (Fsp3) is 0.300. The van der Waals surface area contributed by atoms with E-state index >= 15 is 0 Å². The highest BCUT2D eigenvalue weighted by atomic mass is 19.1. The molecule has 1 aliphatic heterocycles. The lowest BCUT2D eigenvalue weighted by Gasteiger charge is -2.02. The number of halogens is 1. The quantitative estimate of drug-likeness (QED) is 0.770. The van der Waals surface area contributed by atoms with Gasteiger partial charge in [0.25, 0.3) is 0 Å². The highest BCUT2D eigenvalue weighted by Crippen LogP contribution is 2.17. The Balaban J connectivity index is 2.22. The van der Waals surface area contributed by atoms with Crippen LogP contribution in [0.15, 0.2) is 29.4 Å². The van der Waals surface area contributed by atoms with Gasteiger partial charge in [0.05, 0.1) is 5.71 Å². The summed E-state index contributed by atoms with van der Waals surface area (Å²) in [6, 6.07) is 6.52. The molecule has 0 radical (unpaired) electrons. The van der Waals surface area contributed by atoms with Crippen molar-refractivity contribution in [3.8, 4) is 0 Å². The molecule has 1 unspecified atom stereocenters. The Morgan fingerprint density at radius 2 is 2.29 bits per heavy atom. The van der Waals surface area contributed by atoms with Crippen LogP contribution in [0.5, 0.6) is 0 Å². The average Bonchev–Trinajstić information content (AvgIpc) is 2.67. The molecule has 1 heterocycles. The number of nitrogens with zero attached hydrogens (tertiary/aromatic N) is 1. The van der Waals surface area contributed by atoms with Crippen LogP contribution >= 0.6 is 0 Å². The molecule has 0 saturated carbocycles. The molecule has 74 valence electrons. The Kier molecular flexibility index (Phi) is 2.45. The maximum atomic E-state index is 13.3. The van der Waals surface area contributed by atoms with Crippen molar-refractivity contribution in [3.63, 3.8) is 0 Å². The SMILES string of the molecule is NCC1CC(c2ccccc2F)=NO1. The normalized spacial score (nSPS) is 20.4. The maximum absolute atomic E-state index is 13.3. The van der Waals surface area contributed by atoms with Gasteiger partial charge in [-0.15, -0.1) is 0 Å². The van der Waals surface area contributed by atoms with Crippen molar-refractivity contribution in [2.75, 3.05) is 6.54 Å². The number of nitrogens with two attached hydrogens (primary N) is 1. The molecule has 0 aliphatic carbocycles. The van der Waals surface area contributed by atoms with Gasteiger partial charge in [-0.2, -0.15) is 0 Å². The smallest absolute Gasteiger partial charge is 0.145 e. The largest absolute Gasteiger partial charge is 0.390 e. The second-order valence-electron chi connectivity index (χ2n) is 3.19. The van der Waals surface area contributed by atoms with Crippen LogP contribution in [0.2, 0.25) is 0 Å². The van der Waals surface area contributed by atoms with Gasteiger partial charge in [-0.25, -0.2) is 4.39 Å². The molecule has 1 aromatic carbocycles. The average molecular weight is 194 g/mol. The minimum atomic E-state index is -0.271. The first-order chi connectivity index (χ1) is 6.81. The van der Waals surface area contributed by atoms with Crippen LogP contribution in [0.25, 0.3) is 0 Å². The Hall–Kier alpha value is -1.42. The summed E-state index contributed by atoms with van der Waals surface area (Å²) in [4.78, 5) is 5.02. The Morgan fingerprint density at radius 1 is 1.50 bits per heavy atom. The first-order valence-corrected chi connectivity index (χ1v) is 4.49. The minimum absolute atomic E-state index is 0.107. The third-order valence-corrected chi connectivity index (χ3v) is 2.18. The van der Waals surface area contributed by atoms with E-state index < -0.39 is 0 Å². The molecule has 1 atom stereocenters. The zero-order chi connectivity index (χ0) is 9.97. The fourth-order valence-corrected chi connectivity index (χ4v) is 1.41. The first-order valence-electron chi connectivity index (χ1n) is 4.49. The van der Waals surface area contributed by atoms with Gasteiger partial charge in [0, 0.05) is 18.5 Å². The summed E-state index contributed by atoms with van der Waals surface area (Å²) in [7, 11) is 0. The zero-order valence-corrected chi connectivity index (χ0v) is 7.61. The van der Waals surface area contributed by atoms with Gasteiger partial charge >= 0.3 is 0 Å². The van der Waals surface area contributed by atoms with Crippen molar-refractivity contribution in [3.05, 3.63) is 35.6 Å². The summed E-state index contributed by atoms with van der Waals surface area (Å²) >= 11 is 0. The van der Waals surface area contributed by atoms with Crippen molar-refractivity contribution in [2.45, 2.75) is 12.5 Å². The van der Waals surface area contributed by atoms with Crippen LogP contribution in [0, 0.1) is 5.82 Å². The molecule has 0 bridgehead atoms. The van der Waals surface area contributed by atoms with Gasteiger partial charge in [0.2, 0.25) is 0 Å². The second kappa shape index (κ2) is 3.75. The Morgan fingerprint density at radius 3 is 2.93 bits per heavy atom. The van der Waals surface area contributed by atoms with Gasteiger partial charge in [0.1, 0.15) is 11.9 Å². The van der Waals surface area contributed by atoms with E-state index in [-0.39, 0.29) is 11.9 Å². The lowest BCUT2D eigenvalue weighted by Crippen LogP contribution is -2.20. The monoisotopic (exact) mass is 194 g/mol. The van der Waals surface area contributed by atoms with Crippen LogP contribution in [0.4, 0.5) is 4.39 Å². The minimum Gasteiger partial charge on any atom is -0.390 e. The Labute approximate surface area is 81.4 Å². The van der Waals surface area contributed by atoms with E-state index in [4.69, 9.17) is 10.6 Å². The van der Waals surface area contributed by atoms with Crippen molar-refractivity contribution in [1.82, 2.24) is 0 Å². The molecule has 2 N–H and O–H groups in total. The van der Waals surface area contributed by atoms with Crippen LogP contribution < -0.4 is 5.73 Å². The second-order valence-corrected chi connectivity index (χ2v) is 3.19. The zero-order valence-electron chi connectivity index (χ0n) is 7.61. The van der Waals surface area contributed by atoms with Gasteiger partial charge in [0.15, 0.2) is 0 Å². The van der Waals surface area contributed by atoms with Crippen molar-refractivity contribution >= 4 is 5.71 Å². The van der Waals surface area contributed by atoms with E-state index in [1.807, 2.05) is 0 Å². The predicted octanol–water partition coefficient (Wildman–Crippen LogP) is 1.28. The van der Waals surface area contributed by atoms with Crippen molar-refractivity contribution in [2.24, 2.45) is 10.9 Å². The highest BCUT2D eigenvalue weighted by molar-refractivity contribution is 6.01. The molecule has 14 heavy (non-hydrogen) atoms.